The van der Waals surface area contributed by atoms with E-state index in [4.69, 9.17) is 32.7 Å². The number of hydrogen-bond acceptors (Lipinski definition) is 5. The normalized spacial score (nSPS) is 10.0. The van der Waals surface area contributed by atoms with Crippen LogP contribution in [-0.2, 0) is 15.4 Å². The third-order valence-corrected chi connectivity index (χ3v) is 4.43. The molecule has 0 unspecified atom stereocenters. The standard InChI is InChI=1S/C17H15Cl2N3O2.C2H4O2/c1-10-3-5-12(8-15(10)24-2)22-17(23)20-16(21-22)13-7-11(9-18)4-6-14(13)19;1-4-2-3/h3-8H,9H2,1-2H3,(H,20,21,23);2H,1H3. The Morgan fingerprint density at radius 1 is 1.21 bits per heavy atom. The van der Waals surface area contributed by atoms with Gasteiger partial charge in [-0.05, 0) is 36.2 Å². The van der Waals surface area contributed by atoms with E-state index in [0.717, 1.165) is 11.1 Å². The van der Waals surface area contributed by atoms with E-state index >= 15 is 0 Å². The average Bonchev–Trinajstić information content (AvgIpc) is 3.10. The molecule has 0 radical (unpaired) electrons. The van der Waals surface area contributed by atoms with Crippen LogP contribution in [0.1, 0.15) is 11.1 Å². The molecule has 0 aliphatic carbocycles. The molecule has 148 valence electrons. The summed E-state index contributed by atoms with van der Waals surface area (Å²) >= 11 is 12.1. The van der Waals surface area contributed by atoms with Crippen molar-refractivity contribution in [2.24, 2.45) is 0 Å². The molecule has 7 nitrogen and oxygen atoms in total. The van der Waals surface area contributed by atoms with Gasteiger partial charge in [-0.1, -0.05) is 23.7 Å². The second kappa shape index (κ2) is 9.96. The van der Waals surface area contributed by atoms with E-state index in [1.807, 2.05) is 25.1 Å². The summed E-state index contributed by atoms with van der Waals surface area (Å²) in [5, 5.41) is 4.85. The van der Waals surface area contributed by atoms with Crippen molar-refractivity contribution >= 4 is 29.7 Å². The van der Waals surface area contributed by atoms with Crippen molar-refractivity contribution in [1.29, 1.82) is 0 Å². The van der Waals surface area contributed by atoms with Gasteiger partial charge in [-0.2, -0.15) is 4.68 Å². The summed E-state index contributed by atoms with van der Waals surface area (Å²) in [6.07, 6.45) is 0. The molecule has 0 aliphatic rings. The summed E-state index contributed by atoms with van der Waals surface area (Å²) in [7, 11) is 2.90. The van der Waals surface area contributed by atoms with Crippen LogP contribution in [0.4, 0.5) is 0 Å². The van der Waals surface area contributed by atoms with Crippen molar-refractivity contribution in [1.82, 2.24) is 14.8 Å². The van der Waals surface area contributed by atoms with Gasteiger partial charge in [0, 0.05) is 17.5 Å². The fourth-order valence-corrected chi connectivity index (χ4v) is 2.77. The van der Waals surface area contributed by atoms with Gasteiger partial charge in [0.15, 0.2) is 5.82 Å². The number of hydrogen-bond donors (Lipinski definition) is 1. The maximum absolute atomic E-state index is 12.3. The molecule has 2 aromatic carbocycles. The molecule has 0 saturated carbocycles. The number of nitrogens with one attached hydrogen (secondary N) is 1. The molecular formula is C19H19Cl2N3O4. The fourth-order valence-electron chi connectivity index (χ4n) is 2.40. The lowest BCUT2D eigenvalue weighted by molar-refractivity contribution is -0.126. The van der Waals surface area contributed by atoms with Crippen molar-refractivity contribution in [2.75, 3.05) is 14.2 Å². The number of methoxy groups -OCH3 is 2. The minimum atomic E-state index is -0.358. The molecule has 0 fully saturated rings. The number of halogens is 2. The first-order chi connectivity index (χ1) is 13.4. The van der Waals surface area contributed by atoms with Gasteiger partial charge in [0.1, 0.15) is 5.75 Å². The van der Waals surface area contributed by atoms with Crippen LogP contribution in [0.15, 0.2) is 41.2 Å². The number of carbonyl (C=O) groups excluding carboxylic acids is 1. The van der Waals surface area contributed by atoms with E-state index in [0.29, 0.717) is 40.2 Å². The van der Waals surface area contributed by atoms with Gasteiger partial charge >= 0.3 is 5.69 Å². The maximum atomic E-state index is 12.3. The highest BCUT2D eigenvalue weighted by Gasteiger charge is 2.13. The predicted molar refractivity (Wildman–Crippen MR) is 109 cm³/mol. The number of alkyl halides is 1. The highest BCUT2D eigenvalue weighted by Crippen LogP contribution is 2.27. The number of benzene rings is 2. The predicted octanol–water partition coefficient (Wildman–Crippen LogP) is 3.73. The summed E-state index contributed by atoms with van der Waals surface area (Å²) in [5.74, 6) is 1.42. The van der Waals surface area contributed by atoms with Crippen LogP contribution in [-0.4, -0.2) is 35.5 Å². The van der Waals surface area contributed by atoms with Crippen LogP contribution in [0.25, 0.3) is 17.1 Å². The number of carbonyl (C=O) groups is 1. The van der Waals surface area contributed by atoms with Crippen LogP contribution in [0.5, 0.6) is 5.75 Å². The Morgan fingerprint density at radius 3 is 2.54 bits per heavy atom. The summed E-state index contributed by atoms with van der Waals surface area (Å²) < 4.78 is 10.4. The first-order valence-electron chi connectivity index (χ1n) is 8.10. The molecule has 0 bridgehead atoms. The molecule has 1 heterocycles. The highest BCUT2D eigenvalue weighted by atomic mass is 35.5. The molecule has 1 aromatic heterocycles. The maximum Gasteiger partial charge on any atom is 0.348 e. The molecule has 3 aromatic rings. The van der Waals surface area contributed by atoms with E-state index in [2.05, 4.69) is 14.8 Å². The number of aromatic nitrogens is 3. The van der Waals surface area contributed by atoms with Gasteiger partial charge in [-0.3, -0.25) is 9.78 Å². The van der Waals surface area contributed by atoms with Gasteiger partial charge in [0.2, 0.25) is 0 Å². The molecular weight excluding hydrogens is 405 g/mol. The Balaban J connectivity index is 0.000000640. The number of nitrogens with zero attached hydrogens (tertiary/aromatic N) is 2. The van der Waals surface area contributed by atoms with Crippen LogP contribution in [0, 0.1) is 6.92 Å². The second-order valence-corrected chi connectivity index (χ2v) is 6.30. The molecule has 1 N–H and O–H groups in total. The summed E-state index contributed by atoms with van der Waals surface area (Å²) in [6, 6.07) is 10.8. The number of aromatic amines is 1. The number of H-pyrrole nitrogens is 1. The largest absolute Gasteiger partial charge is 0.496 e. The summed E-state index contributed by atoms with van der Waals surface area (Å²) in [5.41, 5.74) is 2.74. The van der Waals surface area contributed by atoms with E-state index in [1.165, 1.54) is 11.8 Å². The molecule has 0 spiro atoms. The molecule has 0 atom stereocenters. The zero-order chi connectivity index (χ0) is 20.7. The fraction of sp³-hybridized carbons (Fsp3) is 0.211. The van der Waals surface area contributed by atoms with Crippen LogP contribution in [0.3, 0.4) is 0 Å². The molecule has 9 heteroatoms. The number of aryl methyl sites for hydroxylation is 1. The molecule has 0 saturated heterocycles. The molecule has 0 aliphatic heterocycles. The summed E-state index contributed by atoms with van der Waals surface area (Å²) in [6.45, 7) is 2.30. The Hall–Kier alpha value is -2.77. The quantitative estimate of drug-likeness (QED) is 0.498. The van der Waals surface area contributed by atoms with E-state index < -0.39 is 0 Å². The van der Waals surface area contributed by atoms with Crippen LogP contribution < -0.4 is 10.4 Å². The third-order valence-electron chi connectivity index (χ3n) is 3.79. The molecule has 3 rings (SSSR count). The van der Waals surface area contributed by atoms with Gasteiger partial charge < -0.3 is 9.47 Å². The van der Waals surface area contributed by atoms with Crippen LogP contribution in [0.2, 0.25) is 5.02 Å². The average molecular weight is 424 g/mol. The Labute approximate surface area is 171 Å². The minimum absolute atomic E-state index is 0.351. The van der Waals surface area contributed by atoms with Crippen LogP contribution >= 0.6 is 23.2 Å². The monoisotopic (exact) mass is 423 g/mol. The van der Waals surface area contributed by atoms with E-state index in [1.54, 1.807) is 25.3 Å². The van der Waals surface area contributed by atoms with Crippen molar-refractivity contribution in [3.8, 4) is 22.8 Å². The first kappa shape index (κ1) is 21.5. The SMILES string of the molecule is COC=O.COc1cc(-n2nc(-c3cc(CCl)ccc3Cl)[nH]c2=O)ccc1C. The van der Waals surface area contributed by atoms with Gasteiger partial charge in [0.05, 0.1) is 24.9 Å². The highest BCUT2D eigenvalue weighted by molar-refractivity contribution is 6.33. The van der Waals surface area contributed by atoms with Crippen molar-refractivity contribution in [3.05, 3.63) is 63.0 Å². The van der Waals surface area contributed by atoms with E-state index in [9.17, 15) is 4.79 Å². The topological polar surface area (TPSA) is 86.2 Å². The third kappa shape index (κ3) is 4.94. The number of ether oxygens (including phenoxy) is 2. The number of rotatable bonds is 5. The molecule has 28 heavy (non-hydrogen) atoms. The second-order valence-electron chi connectivity index (χ2n) is 5.62. The van der Waals surface area contributed by atoms with Crippen molar-refractivity contribution < 1.29 is 14.3 Å². The van der Waals surface area contributed by atoms with Crippen molar-refractivity contribution in [2.45, 2.75) is 12.8 Å². The lowest BCUT2D eigenvalue weighted by atomic mass is 10.1. The summed E-state index contributed by atoms with van der Waals surface area (Å²) in [4.78, 5) is 24.0. The van der Waals surface area contributed by atoms with E-state index in [-0.39, 0.29) is 5.69 Å². The van der Waals surface area contributed by atoms with Crippen molar-refractivity contribution in [3.63, 3.8) is 0 Å². The first-order valence-corrected chi connectivity index (χ1v) is 9.02. The van der Waals surface area contributed by atoms with Gasteiger partial charge in [-0.15, -0.1) is 16.7 Å². The zero-order valence-corrected chi connectivity index (χ0v) is 17.0. The van der Waals surface area contributed by atoms with Gasteiger partial charge in [-0.25, -0.2) is 4.79 Å². The lowest BCUT2D eigenvalue weighted by Crippen LogP contribution is -2.16. The Morgan fingerprint density at radius 2 is 1.93 bits per heavy atom. The zero-order valence-electron chi connectivity index (χ0n) is 15.5. The van der Waals surface area contributed by atoms with Gasteiger partial charge in [0.25, 0.3) is 6.47 Å². The minimum Gasteiger partial charge on any atom is -0.496 e. The lowest BCUT2D eigenvalue weighted by Gasteiger charge is -2.07. The smallest absolute Gasteiger partial charge is 0.348 e. The Kier molecular flexibility index (Phi) is 7.66. The Bertz CT molecular complexity index is 1010. The molecule has 0 amide bonds.